The van der Waals surface area contributed by atoms with Crippen molar-refractivity contribution in [2.75, 3.05) is 26.7 Å². The molecule has 1 aliphatic heterocycles. The predicted molar refractivity (Wildman–Crippen MR) is 86.8 cm³/mol. The van der Waals surface area contributed by atoms with Crippen LogP contribution in [-0.4, -0.2) is 54.1 Å². The normalized spacial score (nSPS) is 37.0. The van der Waals surface area contributed by atoms with Crippen molar-refractivity contribution >= 4 is 0 Å². The third-order valence-corrected chi connectivity index (χ3v) is 5.91. The largest absolute Gasteiger partial charge is 0.326 e. The molecule has 0 spiro atoms. The fourth-order valence-corrected chi connectivity index (χ4v) is 3.94. The van der Waals surface area contributed by atoms with Crippen molar-refractivity contribution in [3.8, 4) is 0 Å². The van der Waals surface area contributed by atoms with Gasteiger partial charge in [-0.15, -0.1) is 0 Å². The number of likely N-dealkylation sites (N-methyl/N-ethyl adjacent to an activating group) is 1. The van der Waals surface area contributed by atoms with Crippen LogP contribution >= 0.6 is 0 Å². The van der Waals surface area contributed by atoms with Crippen LogP contribution in [0.5, 0.6) is 0 Å². The van der Waals surface area contributed by atoms with Gasteiger partial charge in [-0.2, -0.15) is 0 Å². The van der Waals surface area contributed by atoms with Crippen LogP contribution in [-0.2, 0) is 0 Å². The lowest BCUT2D eigenvalue weighted by molar-refractivity contribution is -0.0133. The van der Waals surface area contributed by atoms with Crippen molar-refractivity contribution in [3.05, 3.63) is 0 Å². The second kappa shape index (κ2) is 5.58. The number of hydrogen-bond acceptors (Lipinski definition) is 3. The summed E-state index contributed by atoms with van der Waals surface area (Å²) in [5.41, 5.74) is 7.17. The molecule has 0 aromatic rings. The van der Waals surface area contributed by atoms with E-state index in [1.807, 2.05) is 0 Å². The van der Waals surface area contributed by atoms with E-state index in [0.717, 1.165) is 19.0 Å². The van der Waals surface area contributed by atoms with Crippen molar-refractivity contribution in [3.63, 3.8) is 0 Å². The summed E-state index contributed by atoms with van der Waals surface area (Å²) in [6.45, 7) is 15.4. The molecular formula is C17H35N3. The van der Waals surface area contributed by atoms with Crippen LogP contribution < -0.4 is 5.73 Å². The molecule has 2 rings (SSSR count). The van der Waals surface area contributed by atoms with E-state index < -0.39 is 0 Å². The SMILES string of the molecule is CN1CCN(C2CC(C(C)(C)C)CCC2N)CC1(C)C. The van der Waals surface area contributed by atoms with Gasteiger partial charge in [0.2, 0.25) is 0 Å². The molecule has 0 radical (unpaired) electrons. The third kappa shape index (κ3) is 3.37. The Hall–Kier alpha value is -0.120. The van der Waals surface area contributed by atoms with E-state index in [1.54, 1.807) is 0 Å². The molecule has 1 heterocycles. The minimum atomic E-state index is 0.270. The van der Waals surface area contributed by atoms with Gasteiger partial charge in [-0.1, -0.05) is 20.8 Å². The van der Waals surface area contributed by atoms with Gasteiger partial charge in [0.25, 0.3) is 0 Å². The second-order valence-electron chi connectivity index (χ2n) is 8.81. The minimum absolute atomic E-state index is 0.270. The second-order valence-corrected chi connectivity index (χ2v) is 8.81. The minimum Gasteiger partial charge on any atom is -0.326 e. The lowest BCUT2D eigenvalue weighted by Gasteiger charge is -2.52. The maximum Gasteiger partial charge on any atom is 0.0277 e. The molecule has 2 fully saturated rings. The standard InChI is InChI=1S/C17H35N3/c1-16(2,3)13-7-8-14(18)15(11-13)20-10-9-19(6)17(4,5)12-20/h13-15H,7-12,18H2,1-6H3. The average molecular weight is 281 g/mol. The van der Waals surface area contributed by atoms with Crippen LogP contribution in [0, 0.1) is 11.3 Å². The maximum atomic E-state index is 6.48. The van der Waals surface area contributed by atoms with Crippen molar-refractivity contribution in [2.24, 2.45) is 17.1 Å². The number of nitrogens with two attached hydrogens (primary N) is 1. The molecule has 118 valence electrons. The lowest BCUT2D eigenvalue weighted by atomic mass is 9.69. The smallest absolute Gasteiger partial charge is 0.0277 e. The zero-order valence-corrected chi connectivity index (χ0v) is 14.4. The van der Waals surface area contributed by atoms with E-state index in [9.17, 15) is 0 Å². The average Bonchev–Trinajstić information content (AvgIpc) is 2.32. The molecule has 3 unspecified atom stereocenters. The molecule has 1 saturated heterocycles. The first-order chi connectivity index (χ1) is 9.11. The molecule has 1 saturated carbocycles. The van der Waals surface area contributed by atoms with E-state index in [0.29, 0.717) is 17.5 Å². The van der Waals surface area contributed by atoms with Gasteiger partial charge >= 0.3 is 0 Å². The molecule has 3 atom stereocenters. The molecule has 2 aliphatic rings. The molecule has 1 aliphatic carbocycles. The van der Waals surface area contributed by atoms with Gasteiger partial charge in [0.05, 0.1) is 0 Å². The Balaban J connectivity index is 2.06. The van der Waals surface area contributed by atoms with Crippen LogP contribution in [0.15, 0.2) is 0 Å². The van der Waals surface area contributed by atoms with Crippen LogP contribution in [0.3, 0.4) is 0 Å². The number of piperazine rings is 1. The first-order valence-corrected chi connectivity index (χ1v) is 8.32. The van der Waals surface area contributed by atoms with Gasteiger partial charge in [-0.3, -0.25) is 9.80 Å². The highest BCUT2D eigenvalue weighted by molar-refractivity contribution is 4.97. The molecule has 3 heteroatoms. The van der Waals surface area contributed by atoms with Gasteiger partial charge in [0.15, 0.2) is 0 Å². The van der Waals surface area contributed by atoms with Crippen molar-refractivity contribution in [1.82, 2.24) is 9.80 Å². The van der Waals surface area contributed by atoms with Crippen LogP contribution in [0.2, 0.25) is 0 Å². The maximum absolute atomic E-state index is 6.48. The number of nitrogens with zero attached hydrogens (tertiary/aromatic N) is 2. The highest BCUT2D eigenvalue weighted by Gasteiger charge is 2.40. The van der Waals surface area contributed by atoms with Gasteiger partial charge in [0.1, 0.15) is 0 Å². The Morgan fingerprint density at radius 1 is 1.10 bits per heavy atom. The Morgan fingerprint density at radius 3 is 2.30 bits per heavy atom. The summed E-state index contributed by atoms with van der Waals surface area (Å²) < 4.78 is 0. The lowest BCUT2D eigenvalue weighted by Crippen LogP contribution is -2.63. The van der Waals surface area contributed by atoms with Gasteiger partial charge in [-0.25, -0.2) is 0 Å². The topological polar surface area (TPSA) is 32.5 Å². The third-order valence-electron chi connectivity index (χ3n) is 5.91. The van der Waals surface area contributed by atoms with Crippen LogP contribution in [0.4, 0.5) is 0 Å². The zero-order valence-electron chi connectivity index (χ0n) is 14.4. The van der Waals surface area contributed by atoms with E-state index in [1.165, 1.54) is 25.8 Å². The molecule has 2 N–H and O–H groups in total. The van der Waals surface area contributed by atoms with E-state index in [2.05, 4.69) is 51.5 Å². The monoisotopic (exact) mass is 281 g/mol. The van der Waals surface area contributed by atoms with Crippen molar-refractivity contribution in [2.45, 2.75) is 71.5 Å². The van der Waals surface area contributed by atoms with Gasteiger partial charge in [-0.05, 0) is 51.5 Å². The first kappa shape index (κ1) is 16.3. The summed E-state index contributed by atoms with van der Waals surface area (Å²) >= 11 is 0. The zero-order chi connectivity index (χ0) is 15.1. The Labute approximate surface area is 125 Å². The summed E-state index contributed by atoms with van der Waals surface area (Å²) in [6, 6.07) is 0.953. The Morgan fingerprint density at radius 2 is 1.75 bits per heavy atom. The quantitative estimate of drug-likeness (QED) is 0.802. The van der Waals surface area contributed by atoms with Crippen molar-refractivity contribution < 1.29 is 0 Å². The Bertz CT molecular complexity index is 332. The predicted octanol–water partition coefficient (Wildman–Crippen LogP) is 2.55. The molecule has 20 heavy (non-hydrogen) atoms. The highest BCUT2D eigenvalue weighted by atomic mass is 15.3. The fourth-order valence-electron chi connectivity index (χ4n) is 3.94. The summed E-state index contributed by atoms with van der Waals surface area (Å²) in [5.74, 6) is 0.815. The molecule has 0 aromatic heterocycles. The summed E-state index contributed by atoms with van der Waals surface area (Å²) in [4.78, 5) is 5.17. The highest BCUT2D eigenvalue weighted by Crippen LogP contribution is 2.39. The van der Waals surface area contributed by atoms with E-state index in [4.69, 9.17) is 5.73 Å². The number of hydrogen-bond donors (Lipinski definition) is 1. The molecule has 3 nitrogen and oxygen atoms in total. The van der Waals surface area contributed by atoms with E-state index >= 15 is 0 Å². The molecular weight excluding hydrogens is 246 g/mol. The van der Waals surface area contributed by atoms with E-state index in [-0.39, 0.29) is 5.54 Å². The fraction of sp³-hybridized carbons (Fsp3) is 1.00. The van der Waals surface area contributed by atoms with Crippen molar-refractivity contribution in [1.29, 1.82) is 0 Å². The van der Waals surface area contributed by atoms with Crippen LogP contribution in [0.1, 0.15) is 53.9 Å². The van der Waals surface area contributed by atoms with Crippen LogP contribution in [0.25, 0.3) is 0 Å². The summed E-state index contributed by atoms with van der Waals surface area (Å²) in [7, 11) is 2.25. The van der Waals surface area contributed by atoms with Gasteiger partial charge in [0, 0.05) is 37.3 Å². The summed E-state index contributed by atoms with van der Waals surface area (Å²) in [5, 5.41) is 0. The summed E-state index contributed by atoms with van der Waals surface area (Å²) in [6.07, 6.45) is 3.78. The first-order valence-electron chi connectivity index (χ1n) is 8.32. The molecule has 0 bridgehead atoms. The molecule has 0 amide bonds. The van der Waals surface area contributed by atoms with Gasteiger partial charge < -0.3 is 5.73 Å². The molecule has 0 aromatic carbocycles. The number of rotatable bonds is 1. The Kier molecular flexibility index (Phi) is 4.54.